The number of nitrogens with two attached hydrogens (primary N) is 1. The Morgan fingerprint density at radius 2 is 1.72 bits per heavy atom. The summed E-state index contributed by atoms with van der Waals surface area (Å²) < 4.78 is 0. The third kappa shape index (κ3) is 4.29. The van der Waals surface area contributed by atoms with Crippen LogP contribution in [0.5, 0.6) is 0 Å². The highest BCUT2D eigenvalue weighted by atomic mass is 16.2. The fourth-order valence-corrected chi connectivity index (χ4v) is 4.50. The van der Waals surface area contributed by atoms with E-state index in [1.807, 2.05) is 35.2 Å². The van der Waals surface area contributed by atoms with Gasteiger partial charge in [0.2, 0.25) is 5.91 Å². The van der Waals surface area contributed by atoms with Gasteiger partial charge in [0, 0.05) is 55.1 Å². The molecule has 3 N–H and O–H groups in total. The van der Waals surface area contributed by atoms with Gasteiger partial charge in [0.25, 0.3) is 0 Å². The number of nitrogens with zero attached hydrogens (tertiary/aromatic N) is 4. The number of para-hydroxylation sites is 2. The summed E-state index contributed by atoms with van der Waals surface area (Å²) in [5.41, 5.74) is 9.43. The number of piperazine rings is 1. The summed E-state index contributed by atoms with van der Waals surface area (Å²) in [7, 11) is 0. The number of aryl methyl sites for hydroxylation is 1. The van der Waals surface area contributed by atoms with Crippen molar-refractivity contribution >= 4 is 33.5 Å². The standard InChI is InChI=1S/C25H28N6O/c26-25-20-8-2-4-10-22(20)28-23(29-25)17-30-12-14-31(15-13-30)24(32)11-5-6-18-16-27-21-9-3-1-7-19(18)21/h1-4,7-10,16,27H,5-6,11-15,17H2,(H2,26,28,29). The summed E-state index contributed by atoms with van der Waals surface area (Å²) in [5.74, 6) is 1.50. The van der Waals surface area contributed by atoms with Crippen LogP contribution in [0.4, 0.5) is 5.82 Å². The second kappa shape index (κ2) is 8.96. The van der Waals surface area contributed by atoms with E-state index in [2.05, 4.69) is 44.2 Å². The van der Waals surface area contributed by atoms with Crippen LogP contribution >= 0.6 is 0 Å². The van der Waals surface area contributed by atoms with Gasteiger partial charge in [-0.05, 0) is 36.6 Å². The lowest BCUT2D eigenvalue weighted by Crippen LogP contribution is -2.48. The second-order valence-electron chi connectivity index (χ2n) is 8.41. The van der Waals surface area contributed by atoms with Gasteiger partial charge in [-0.15, -0.1) is 0 Å². The molecule has 1 aliphatic rings. The molecule has 1 saturated heterocycles. The number of hydrogen-bond donors (Lipinski definition) is 2. The Balaban J connectivity index is 1.11. The van der Waals surface area contributed by atoms with E-state index in [0.717, 1.165) is 61.3 Å². The van der Waals surface area contributed by atoms with E-state index in [1.165, 1.54) is 10.9 Å². The number of amides is 1. The predicted molar refractivity (Wildman–Crippen MR) is 127 cm³/mol. The Morgan fingerprint density at radius 1 is 0.969 bits per heavy atom. The van der Waals surface area contributed by atoms with E-state index >= 15 is 0 Å². The number of fused-ring (bicyclic) bond motifs is 2. The molecule has 0 spiro atoms. The predicted octanol–water partition coefficient (Wildman–Crippen LogP) is 3.36. The molecule has 2 aromatic heterocycles. The van der Waals surface area contributed by atoms with Crippen LogP contribution in [-0.2, 0) is 17.8 Å². The highest BCUT2D eigenvalue weighted by molar-refractivity contribution is 5.87. The maximum atomic E-state index is 12.7. The molecule has 0 aliphatic carbocycles. The van der Waals surface area contributed by atoms with Crippen molar-refractivity contribution in [1.82, 2.24) is 24.8 Å². The summed E-state index contributed by atoms with van der Waals surface area (Å²) in [6, 6.07) is 16.1. The van der Waals surface area contributed by atoms with Gasteiger partial charge in [-0.3, -0.25) is 9.69 Å². The lowest BCUT2D eigenvalue weighted by Gasteiger charge is -2.34. The van der Waals surface area contributed by atoms with Crippen LogP contribution in [0.25, 0.3) is 21.8 Å². The first-order valence-corrected chi connectivity index (χ1v) is 11.2. The van der Waals surface area contributed by atoms with E-state index in [1.54, 1.807) is 0 Å². The molecule has 0 atom stereocenters. The van der Waals surface area contributed by atoms with Crippen molar-refractivity contribution in [3.05, 3.63) is 66.1 Å². The molecular weight excluding hydrogens is 400 g/mol. The molecule has 164 valence electrons. The summed E-state index contributed by atoms with van der Waals surface area (Å²) in [4.78, 5) is 29.4. The first kappa shape index (κ1) is 20.5. The Labute approximate surface area is 187 Å². The lowest BCUT2D eigenvalue weighted by molar-refractivity contribution is -0.133. The maximum Gasteiger partial charge on any atom is 0.222 e. The minimum Gasteiger partial charge on any atom is -0.383 e. The molecule has 1 aliphatic heterocycles. The molecule has 0 bridgehead atoms. The van der Waals surface area contributed by atoms with E-state index in [4.69, 9.17) is 5.73 Å². The number of carbonyl (C=O) groups excluding carboxylic acids is 1. The highest BCUT2D eigenvalue weighted by Crippen LogP contribution is 2.20. The normalized spacial score (nSPS) is 14.9. The minimum absolute atomic E-state index is 0.246. The fourth-order valence-electron chi connectivity index (χ4n) is 4.50. The average Bonchev–Trinajstić information content (AvgIpc) is 3.23. The van der Waals surface area contributed by atoms with Crippen molar-refractivity contribution < 1.29 is 4.79 Å². The van der Waals surface area contributed by atoms with E-state index in [0.29, 0.717) is 18.8 Å². The third-order valence-corrected chi connectivity index (χ3v) is 6.28. The number of nitrogens with one attached hydrogen (secondary N) is 1. The molecule has 0 saturated carbocycles. The summed E-state index contributed by atoms with van der Waals surface area (Å²) in [6.07, 6.45) is 4.43. The molecule has 1 amide bonds. The molecule has 0 unspecified atom stereocenters. The zero-order valence-corrected chi connectivity index (χ0v) is 18.1. The number of hydrogen-bond acceptors (Lipinski definition) is 5. The van der Waals surface area contributed by atoms with Crippen LogP contribution in [0.15, 0.2) is 54.7 Å². The Hall–Kier alpha value is -3.45. The zero-order chi connectivity index (χ0) is 21.9. The fraction of sp³-hybridized carbons (Fsp3) is 0.320. The topological polar surface area (TPSA) is 91.1 Å². The summed E-state index contributed by atoms with van der Waals surface area (Å²) in [5, 5.41) is 2.14. The largest absolute Gasteiger partial charge is 0.383 e. The highest BCUT2D eigenvalue weighted by Gasteiger charge is 2.21. The lowest BCUT2D eigenvalue weighted by atomic mass is 10.1. The number of anilines is 1. The summed E-state index contributed by atoms with van der Waals surface area (Å²) in [6.45, 7) is 3.79. The number of aromatic nitrogens is 3. The van der Waals surface area contributed by atoms with E-state index in [-0.39, 0.29) is 5.91 Å². The van der Waals surface area contributed by atoms with Crippen molar-refractivity contribution in [2.75, 3.05) is 31.9 Å². The molecule has 7 heteroatoms. The van der Waals surface area contributed by atoms with Gasteiger partial charge in [-0.1, -0.05) is 30.3 Å². The molecule has 1 fully saturated rings. The van der Waals surface area contributed by atoms with E-state index in [9.17, 15) is 4.79 Å². The monoisotopic (exact) mass is 428 g/mol. The third-order valence-electron chi connectivity index (χ3n) is 6.28. The van der Waals surface area contributed by atoms with Crippen molar-refractivity contribution in [1.29, 1.82) is 0 Å². The van der Waals surface area contributed by atoms with Crippen molar-refractivity contribution in [3.8, 4) is 0 Å². The molecule has 7 nitrogen and oxygen atoms in total. The minimum atomic E-state index is 0.246. The van der Waals surface area contributed by atoms with Crippen molar-refractivity contribution in [2.45, 2.75) is 25.8 Å². The van der Waals surface area contributed by atoms with Crippen LogP contribution in [0.2, 0.25) is 0 Å². The first-order chi connectivity index (χ1) is 15.7. The number of aromatic amines is 1. The Bertz CT molecular complexity index is 1240. The maximum absolute atomic E-state index is 12.7. The van der Waals surface area contributed by atoms with E-state index < -0.39 is 0 Å². The van der Waals surface area contributed by atoms with Crippen molar-refractivity contribution in [2.24, 2.45) is 0 Å². The number of rotatable bonds is 6. The molecule has 32 heavy (non-hydrogen) atoms. The number of H-pyrrole nitrogens is 1. The van der Waals surface area contributed by atoms with Crippen LogP contribution in [-0.4, -0.2) is 56.8 Å². The quantitative estimate of drug-likeness (QED) is 0.491. The van der Waals surface area contributed by atoms with Gasteiger partial charge in [-0.2, -0.15) is 0 Å². The average molecular weight is 429 g/mol. The Morgan fingerprint density at radius 3 is 2.56 bits per heavy atom. The Kier molecular flexibility index (Phi) is 5.73. The van der Waals surface area contributed by atoms with Gasteiger partial charge in [-0.25, -0.2) is 9.97 Å². The molecule has 2 aromatic carbocycles. The number of carbonyl (C=O) groups is 1. The van der Waals surface area contributed by atoms with Gasteiger partial charge < -0.3 is 15.6 Å². The molecule has 0 radical (unpaired) electrons. The smallest absolute Gasteiger partial charge is 0.222 e. The van der Waals surface area contributed by atoms with Gasteiger partial charge in [0.1, 0.15) is 11.6 Å². The van der Waals surface area contributed by atoms with Crippen molar-refractivity contribution in [3.63, 3.8) is 0 Å². The van der Waals surface area contributed by atoms with Crippen LogP contribution in [0.1, 0.15) is 24.2 Å². The van der Waals surface area contributed by atoms with Gasteiger partial charge >= 0.3 is 0 Å². The SMILES string of the molecule is Nc1nc(CN2CCN(C(=O)CCCc3c[nH]c4ccccc34)CC2)nc2ccccc12. The van der Waals surface area contributed by atoms with Crippen LogP contribution < -0.4 is 5.73 Å². The van der Waals surface area contributed by atoms with Gasteiger partial charge in [0.05, 0.1) is 12.1 Å². The second-order valence-corrected chi connectivity index (χ2v) is 8.41. The number of nitrogen functional groups attached to an aromatic ring is 1. The molecule has 5 rings (SSSR count). The zero-order valence-electron chi connectivity index (χ0n) is 18.1. The molecule has 3 heterocycles. The number of benzene rings is 2. The molecule has 4 aromatic rings. The van der Waals surface area contributed by atoms with Gasteiger partial charge in [0.15, 0.2) is 0 Å². The van der Waals surface area contributed by atoms with Crippen LogP contribution in [0.3, 0.4) is 0 Å². The summed E-state index contributed by atoms with van der Waals surface area (Å²) >= 11 is 0. The first-order valence-electron chi connectivity index (χ1n) is 11.2. The molecular formula is C25H28N6O. The van der Waals surface area contributed by atoms with Crippen LogP contribution in [0, 0.1) is 0 Å².